The van der Waals surface area contributed by atoms with Crippen molar-refractivity contribution in [3.8, 4) is 0 Å². The van der Waals surface area contributed by atoms with Crippen LogP contribution in [-0.2, 0) is 27.9 Å². The number of quaternary nitrogens is 1. The molecule has 1 amide bonds. The first-order valence-electron chi connectivity index (χ1n) is 35.2. The van der Waals surface area contributed by atoms with Crippen LogP contribution in [0.2, 0.25) is 0 Å². The summed E-state index contributed by atoms with van der Waals surface area (Å²) in [5, 5.41) is 3.06. The fraction of sp³-hybridized carbons (Fsp3) is 0.914. The van der Waals surface area contributed by atoms with E-state index >= 15 is 0 Å². The number of amides is 1. The second-order valence-electron chi connectivity index (χ2n) is 25.4. The molecule has 80 heavy (non-hydrogen) atoms. The molecule has 0 aromatic heterocycles. The van der Waals surface area contributed by atoms with E-state index in [9.17, 15) is 19.0 Å². The molecule has 0 saturated carbocycles. The summed E-state index contributed by atoms with van der Waals surface area (Å²) in [5.74, 6) is -0.495. The third kappa shape index (κ3) is 61.1. The first-order chi connectivity index (χ1) is 38.9. The minimum atomic E-state index is -4.45. The smallest absolute Gasteiger partial charge is 0.456 e. The minimum Gasteiger partial charge on any atom is -0.456 e. The van der Waals surface area contributed by atoms with Crippen molar-refractivity contribution in [1.82, 2.24) is 5.32 Å². The molecule has 9 nitrogen and oxygen atoms in total. The zero-order chi connectivity index (χ0) is 58.6. The van der Waals surface area contributed by atoms with E-state index in [4.69, 9.17) is 13.8 Å². The predicted molar refractivity (Wildman–Crippen MR) is 346 cm³/mol. The van der Waals surface area contributed by atoms with E-state index in [1.165, 1.54) is 250 Å². The first kappa shape index (κ1) is 78.5. The molecule has 3 unspecified atom stereocenters. The van der Waals surface area contributed by atoms with Crippen LogP contribution < -0.4 is 5.32 Å². The van der Waals surface area contributed by atoms with E-state index in [2.05, 4.69) is 38.2 Å². The Balaban J connectivity index is 4.93. The number of rotatable bonds is 65. The van der Waals surface area contributed by atoms with Crippen LogP contribution in [0, 0.1) is 0 Å². The van der Waals surface area contributed by atoms with Crippen LogP contribution >= 0.6 is 7.82 Å². The van der Waals surface area contributed by atoms with Gasteiger partial charge in [0.05, 0.1) is 33.8 Å². The second-order valence-corrected chi connectivity index (χ2v) is 26.9. The number of allylic oxidation sites excluding steroid dienone is 3. The van der Waals surface area contributed by atoms with Crippen LogP contribution in [0.5, 0.6) is 0 Å². The number of carbonyl (C=O) groups is 2. The number of phosphoric ester groups is 1. The Bertz CT molecular complexity index is 1420. The van der Waals surface area contributed by atoms with Crippen LogP contribution in [0.25, 0.3) is 0 Å². The molecule has 0 aliphatic rings. The lowest BCUT2D eigenvalue weighted by atomic mass is 10.0. The highest BCUT2D eigenvalue weighted by Crippen LogP contribution is 2.43. The Morgan fingerprint density at radius 3 is 1.06 bits per heavy atom. The second kappa shape index (κ2) is 60.6. The molecule has 0 bridgehead atoms. The van der Waals surface area contributed by atoms with Gasteiger partial charge in [-0.3, -0.25) is 18.6 Å². The van der Waals surface area contributed by atoms with Gasteiger partial charge in [-0.25, -0.2) is 4.57 Å². The number of hydrogen-bond donors (Lipinski definition) is 2. The standard InChI is InChI=1S/C70H137N2O7P/c1-7-10-13-16-19-22-25-27-29-31-32-33-34-35-36-37-38-39-40-41-43-45-48-51-54-57-60-63-70(74)79-68(61-58-55-52-49-46-24-21-18-15-12-9-3)67(66-78-80(75,76)77-65-64-72(4,5)6)71-69(73)62-59-56-53-50-47-44-42-30-28-26-23-20-17-14-11-8-2/h30,42,58,61,67-68H,7-29,31-41,43-57,59-60,62-66H2,1-6H3,(H-,71,73,75,76)/p+1/b42-30+,61-58-. The largest absolute Gasteiger partial charge is 0.472 e. The number of carbonyl (C=O) groups excluding carboxylic acids is 2. The van der Waals surface area contributed by atoms with Crippen LogP contribution in [0.4, 0.5) is 0 Å². The van der Waals surface area contributed by atoms with Crippen molar-refractivity contribution >= 4 is 19.7 Å². The third-order valence-corrected chi connectivity index (χ3v) is 17.1. The number of likely N-dealkylation sites (N-methyl/N-ethyl adjacent to an activating group) is 1. The monoisotopic (exact) mass is 1150 g/mol. The molecule has 0 spiro atoms. The number of esters is 1. The van der Waals surface area contributed by atoms with Crippen molar-refractivity contribution in [2.24, 2.45) is 0 Å². The maximum atomic E-state index is 13.6. The average Bonchev–Trinajstić information content (AvgIpc) is 3.43. The van der Waals surface area contributed by atoms with Crippen LogP contribution in [0.15, 0.2) is 24.3 Å². The summed E-state index contributed by atoms with van der Waals surface area (Å²) in [6.07, 6.45) is 73.5. The molecule has 2 N–H and O–H groups in total. The van der Waals surface area contributed by atoms with E-state index in [-0.39, 0.29) is 25.1 Å². The van der Waals surface area contributed by atoms with E-state index < -0.39 is 20.0 Å². The zero-order valence-corrected chi connectivity index (χ0v) is 55.2. The van der Waals surface area contributed by atoms with Gasteiger partial charge >= 0.3 is 13.8 Å². The van der Waals surface area contributed by atoms with Gasteiger partial charge in [0.25, 0.3) is 0 Å². The van der Waals surface area contributed by atoms with Gasteiger partial charge in [-0.15, -0.1) is 0 Å². The first-order valence-corrected chi connectivity index (χ1v) is 36.7. The minimum absolute atomic E-state index is 0.0422. The van der Waals surface area contributed by atoms with Crippen molar-refractivity contribution in [2.45, 2.75) is 373 Å². The molecule has 474 valence electrons. The summed E-state index contributed by atoms with van der Waals surface area (Å²) in [4.78, 5) is 37.8. The number of nitrogens with zero attached hydrogens (tertiary/aromatic N) is 1. The summed E-state index contributed by atoms with van der Waals surface area (Å²) in [5.41, 5.74) is 0. The molecule has 0 heterocycles. The molecule has 0 aliphatic heterocycles. The molecule has 3 atom stereocenters. The van der Waals surface area contributed by atoms with Crippen molar-refractivity contribution in [3.05, 3.63) is 24.3 Å². The maximum absolute atomic E-state index is 13.6. The molecule has 0 saturated heterocycles. The molecule has 10 heteroatoms. The lowest BCUT2D eigenvalue weighted by Gasteiger charge is -2.27. The summed E-state index contributed by atoms with van der Waals surface area (Å²) < 4.78 is 30.8. The van der Waals surface area contributed by atoms with Crippen molar-refractivity contribution in [2.75, 3.05) is 40.9 Å². The SMILES string of the molecule is CCCCCCCCC/C=C/CCCCCCCC(=O)NC(COP(=O)(O)OCC[N+](C)(C)C)C(/C=C\CCCCCCCCCCC)OC(=O)CCCCCCCCCCCCCCCCCCCCCCCCCCCCC. The highest BCUT2D eigenvalue weighted by molar-refractivity contribution is 7.47. The number of ether oxygens (including phenoxy) is 1. The quantitative estimate of drug-likeness (QED) is 0.0205. The summed E-state index contributed by atoms with van der Waals surface area (Å²) >= 11 is 0. The number of phosphoric acid groups is 1. The Hall–Kier alpha value is -1.51. The zero-order valence-electron chi connectivity index (χ0n) is 54.4. The number of nitrogens with one attached hydrogen (secondary N) is 1. The Morgan fingerprint density at radius 2 is 0.725 bits per heavy atom. The summed E-state index contributed by atoms with van der Waals surface area (Å²) in [6.45, 7) is 7.06. The Kier molecular flexibility index (Phi) is 59.5. The molecular formula is C70H138N2O7P+. The van der Waals surface area contributed by atoms with Gasteiger partial charge in [0, 0.05) is 12.8 Å². The molecule has 0 radical (unpaired) electrons. The highest BCUT2D eigenvalue weighted by atomic mass is 31.2. The van der Waals surface area contributed by atoms with Crippen molar-refractivity contribution in [3.63, 3.8) is 0 Å². The van der Waals surface area contributed by atoms with Gasteiger partial charge in [-0.1, -0.05) is 315 Å². The van der Waals surface area contributed by atoms with Crippen LogP contribution in [0.3, 0.4) is 0 Å². The molecule has 0 aromatic rings. The fourth-order valence-corrected chi connectivity index (χ4v) is 11.4. The van der Waals surface area contributed by atoms with Gasteiger partial charge in [-0.05, 0) is 57.4 Å². The van der Waals surface area contributed by atoms with Gasteiger partial charge in [-0.2, -0.15) is 0 Å². The van der Waals surface area contributed by atoms with Crippen molar-refractivity contribution in [1.29, 1.82) is 0 Å². The highest BCUT2D eigenvalue weighted by Gasteiger charge is 2.30. The fourth-order valence-electron chi connectivity index (χ4n) is 10.7. The Morgan fingerprint density at radius 1 is 0.425 bits per heavy atom. The van der Waals surface area contributed by atoms with Gasteiger partial charge < -0.3 is 19.4 Å². The van der Waals surface area contributed by atoms with Gasteiger partial charge in [0.15, 0.2) is 0 Å². The molecule has 0 rings (SSSR count). The number of hydrogen-bond acceptors (Lipinski definition) is 6. The third-order valence-electron chi connectivity index (χ3n) is 16.1. The van der Waals surface area contributed by atoms with E-state index in [1.807, 2.05) is 33.3 Å². The van der Waals surface area contributed by atoms with E-state index in [1.54, 1.807) is 0 Å². The molecular weight excluding hydrogens is 1010 g/mol. The van der Waals surface area contributed by atoms with Crippen molar-refractivity contribution < 1.29 is 37.3 Å². The summed E-state index contributed by atoms with van der Waals surface area (Å²) in [7, 11) is 1.51. The molecule has 0 fully saturated rings. The van der Waals surface area contributed by atoms with Gasteiger partial charge in [0.2, 0.25) is 5.91 Å². The summed E-state index contributed by atoms with van der Waals surface area (Å²) in [6, 6.07) is -0.847. The van der Waals surface area contributed by atoms with E-state index in [0.717, 1.165) is 77.0 Å². The lowest BCUT2D eigenvalue weighted by molar-refractivity contribution is -0.870. The number of unbranched alkanes of at least 4 members (excludes halogenated alkanes) is 47. The predicted octanol–water partition coefficient (Wildman–Crippen LogP) is 22.1. The van der Waals surface area contributed by atoms with Gasteiger partial charge in [0.1, 0.15) is 19.3 Å². The lowest BCUT2D eigenvalue weighted by Crippen LogP contribution is -2.47. The van der Waals surface area contributed by atoms with E-state index in [0.29, 0.717) is 23.9 Å². The normalized spacial score (nSPS) is 13.6. The van der Waals surface area contributed by atoms with Crippen LogP contribution in [0.1, 0.15) is 361 Å². The average molecular weight is 1150 g/mol. The molecule has 0 aromatic carbocycles. The van der Waals surface area contributed by atoms with Crippen LogP contribution in [-0.4, -0.2) is 74.3 Å². The Labute approximate surface area is 498 Å². The molecule has 0 aliphatic carbocycles. The maximum Gasteiger partial charge on any atom is 0.472 e. The topological polar surface area (TPSA) is 111 Å².